The van der Waals surface area contributed by atoms with Gasteiger partial charge in [0.05, 0.1) is 28.1 Å². The van der Waals surface area contributed by atoms with E-state index in [4.69, 9.17) is 0 Å². The van der Waals surface area contributed by atoms with Crippen molar-refractivity contribution in [2.45, 2.75) is 24.9 Å². The molecule has 2 unspecified atom stereocenters. The molecule has 2 aromatic rings. The second-order valence-electron chi connectivity index (χ2n) is 7.06. The Morgan fingerprint density at radius 3 is 2.63 bits per heavy atom. The molecule has 144 valence electrons. The Hall–Kier alpha value is -1.97. The quantitative estimate of drug-likeness (QED) is 0.791. The third-order valence-corrected chi connectivity index (χ3v) is 7.81. The summed E-state index contributed by atoms with van der Waals surface area (Å²) in [5.74, 6) is -0.545. The molecule has 2 aliphatic heterocycles. The minimum atomic E-state index is -3.20. The first-order valence-electron chi connectivity index (χ1n) is 8.95. The van der Waals surface area contributed by atoms with Crippen molar-refractivity contribution in [3.63, 3.8) is 0 Å². The topological polar surface area (TPSA) is 99.3 Å². The van der Waals surface area contributed by atoms with Gasteiger partial charge in [0.2, 0.25) is 0 Å². The number of H-pyrrole nitrogens is 1. The summed E-state index contributed by atoms with van der Waals surface area (Å²) in [6.07, 6.45) is 2.09. The van der Waals surface area contributed by atoms with Gasteiger partial charge in [0.25, 0.3) is 11.5 Å². The van der Waals surface area contributed by atoms with Gasteiger partial charge in [-0.2, -0.15) is 0 Å². The van der Waals surface area contributed by atoms with Crippen LogP contribution in [0.25, 0.3) is 10.6 Å². The molecule has 1 amide bonds. The van der Waals surface area contributed by atoms with E-state index in [0.717, 1.165) is 30.8 Å². The van der Waals surface area contributed by atoms with E-state index in [1.54, 1.807) is 6.07 Å². The van der Waals surface area contributed by atoms with Crippen molar-refractivity contribution in [2.75, 3.05) is 24.6 Å². The Bertz CT molecular complexity index is 992. The Balaban J connectivity index is 1.53. The van der Waals surface area contributed by atoms with Gasteiger partial charge in [-0.15, -0.1) is 11.3 Å². The lowest BCUT2D eigenvalue weighted by Crippen LogP contribution is -2.50. The van der Waals surface area contributed by atoms with Crippen molar-refractivity contribution in [3.05, 3.63) is 45.6 Å². The first kappa shape index (κ1) is 18.4. The third kappa shape index (κ3) is 3.85. The van der Waals surface area contributed by atoms with Crippen LogP contribution in [-0.2, 0) is 9.84 Å². The number of aromatic nitrogens is 1. The van der Waals surface area contributed by atoms with Gasteiger partial charge in [-0.1, -0.05) is 6.07 Å². The summed E-state index contributed by atoms with van der Waals surface area (Å²) in [5, 5.41) is 4.71. The van der Waals surface area contributed by atoms with Crippen LogP contribution in [0.4, 0.5) is 0 Å². The molecule has 2 N–H and O–H groups in total. The molecule has 0 radical (unpaired) electrons. The second kappa shape index (κ2) is 7.21. The average Bonchev–Trinajstić information content (AvgIpc) is 3.35. The van der Waals surface area contributed by atoms with Crippen molar-refractivity contribution in [2.24, 2.45) is 0 Å². The Kier molecular flexibility index (Phi) is 4.92. The predicted octanol–water partition coefficient (Wildman–Crippen LogP) is 1.09. The van der Waals surface area contributed by atoms with E-state index in [2.05, 4.69) is 15.2 Å². The summed E-state index contributed by atoms with van der Waals surface area (Å²) in [4.78, 5) is 30.8. The van der Waals surface area contributed by atoms with Crippen molar-refractivity contribution in [1.29, 1.82) is 0 Å². The summed E-state index contributed by atoms with van der Waals surface area (Å²) in [6, 6.07) is 6.27. The lowest BCUT2D eigenvalue weighted by atomic mass is 10.1. The number of nitrogens with one attached hydrogen (secondary N) is 2. The van der Waals surface area contributed by atoms with Gasteiger partial charge in [-0.05, 0) is 49.5 Å². The SMILES string of the molecule is O=C(NC1CS(=O)(=O)CC1N1CCCC1)c1ccc(-c2cccs2)[nH]c1=O. The summed E-state index contributed by atoms with van der Waals surface area (Å²) in [6.45, 7) is 1.70. The maximum atomic E-state index is 12.6. The van der Waals surface area contributed by atoms with Crippen LogP contribution < -0.4 is 10.9 Å². The van der Waals surface area contributed by atoms with Gasteiger partial charge in [0, 0.05) is 6.04 Å². The lowest BCUT2D eigenvalue weighted by Gasteiger charge is -2.28. The van der Waals surface area contributed by atoms with E-state index in [1.165, 1.54) is 17.4 Å². The highest BCUT2D eigenvalue weighted by Gasteiger charge is 2.42. The fraction of sp³-hybridized carbons (Fsp3) is 0.444. The summed E-state index contributed by atoms with van der Waals surface area (Å²) in [5.41, 5.74) is 0.182. The number of amides is 1. The number of likely N-dealkylation sites (tertiary alicyclic amines) is 1. The molecule has 0 saturated carbocycles. The highest BCUT2D eigenvalue weighted by molar-refractivity contribution is 7.91. The molecule has 27 heavy (non-hydrogen) atoms. The molecular formula is C18H21N3O4S2. The van der Waals surface area contributed by atoms with Crippen molar-refractivity contribution in [3.8, 4) is 10.6 Å². The van der Waals surface area contributed by atoms with E-state index in [9.17, 15) is 18.0 Å². The molecule has 2 saturated heterocycles. The normalized spacial score (nSPS) is 24.9. The van der Waals surface area contributed by atoms with E-state index < -0.39 is 27.3 Å². The minimum absolute atomic E-state index is 0.000207. The number of aromatic amines is 1. The van der Waals surface area contributed by atoms with E-state index in [-0.39, 0.29) is 23.1 Å². The maximum absolute atomic E-state index is 12.6. The van der Waals surface area contributed by atoms with Crippen LogP contribution in [0, 0.1) is 0 Å². The van der Waals surface area contributed by atoms with Crippen molar-refractivity contribution in [1.82, 2.24) is 15.2 Å². The number of hydrogen-bond acceptors (Lipinski definition) is 6. The molecule has 2 fully saturated rings. The van der Waals surface area contributed by atoms with Gasteiger partial charge in [0.15, 0.2) is 9.84 Å². The molecule has 0 aliphatic carbocycles. The van der Waals surface area contributed by atoms with E-state index in [0.29, 0.717) is 5.69 Å². The number of nitrogens with zero attached hydrogens (tertiary/aromatic N) is 1. The first-order valence-corrected chi connectivity index (χ1v) is 11.7. The van der Waals surface area contributed by atoms with Crippen molar-refractivity contribution < 1.29 is 13.2 Å². The fourth-order valence-corrected chi connectivity index (χ4v) is 6.53. The Morgan fingerprint density at radius 1 is 1.19 bits per heavy atom. The molecule has 0 spiro atoms. The molecule has 9 heteroatoms. The van der Waals surface area contributed by atoms with E-state index in [1.807, 2.05) is 17.5 Å². The van der Waals surface area contributed by atoms with E-state index >= 15 is 0 Å². The standard InChI is InChI=1S/C18H21N3O4S2/c22-17-12(5-6-13(19-17)16-4-3-9-26-16)18(23)20-14-10-27(24,25)11-15(14)21-7-1-2-8-21/h3-6,9,14-15H,1-2,7-8,10-11H2,(H,19,22)(H,20,23). The molecule has 0 aromatic carbocycles. The number of sulfone groups is 1. The second-order valence-corrected chi connectivity index (χ2v) is 10.2. The molecule has 4 rings (SSSR count). The smallest absolute Gasteiger partial charge is 0.261 e. The molecule has 2 atom stereocenters. The molecule has 4 heterocycles. The van der Waals surface area contributed by atoms with Gasteiger partial charge in [0.1, 0.15) is 5.56 Å². The largest absolute Gasteiger partial charge is 0.346 e. The Morgan fingerprint density at radius 2 is 1.96 bits per heavy atom. The van der Waals surface area contributed by atoms with Gasteiger partial charge < -0.3 is 10.3 Å². The predicted molar refractivity (Wildman–Crippen MR) is 105 cm³/mol. The Labute approximate surface area is 161 Å². The molecule has 7 nitrogen and oxygen atoms in total. The number of rotatable bonds is 4. The molecule has 0 bridgehead atoms. The van der Waals surface area contributed by atoms with Crippen LogP contribution in [0.3, 0.4) is 0 Å². The zero-order valence-corrected chi connectivity index (χ0v) is 16.3. The zero-order valence-electron chi connectivity index (χ0n) is 14.7. The number of pyridine rings is 1. The highest BCUT2D eigenvalue weighted by Crippen LogP contribution is 2.23. The van der Waals surface area contributed by atoms with Crippen LogP contribution in [0.2, 0.25) is 0 Å². The number of carbonyl (C=O) groups excluding carboxylic acids is 1. The van der Waals surface area contributed by atoms with Crippen LogP contribution in [-0.4, -0.2) is 60.9 Å². The first-order chi connectivity index (χ1) is 12.9. The van der Waals surface area contributed by atoms with Gasteiger partial charge in [-0.3, -0.25) is 14.5 Å². The number of thiophene rings is 1. The third-order valence-electron chi connectivity index (χ3n) is 5.19. The molecule has 2 aromatic heterocycles. The van der Waals surface area contributed by atoms with Crippen molar-refractivity contribution >= 4 is 27.1 Å². The zero-order chi connectivity index (χ0) is 19.0. The van der Waals surface area contributed by atoms with Crippen LogP contribution >= 0.6 is 11.3 Å². The number of hydrogen-bond donors (Lipinski definition) is 2. The molecular weight excluding hydrogens is 386 g/mol. The monoisotopic (exact) mass is 407 g/mol. The molecule has 2 aliphatic rings. The lowest BCUT2D eigenvalue weighted by molar-refractivity contribution is 0.0917. The van der Waals surface area contributed by atoms with Gasteiger partial charge in [-0.25, -0.2) is 8.42 Å². The van der Waals surface area contributed by atoms with Crippen LogP contribution in [0.1, 0.15) is 23.2 Å². The van der Waals surface area contributed by atoms with Gasteiger partial charge >= 0.3 is 0 Å². The van der Waals surface area contributed by atoms with Crippen LogP contribution in [0.15, 0.2) is 34.4 Å². The summed E-state index contributed by atoms with van der Waals surface area (Å²) in [7, 11) is -3.20. The maximum Gasteiger partial charge on any atom is 0.261 e. The van der Waals surface area contributed by atoms with Crippen LogP contribution in [0.5, 0.6) is 0 Å². The summed E-state index contributed by atoms with van der Waals surface area (Å²) < 4.78 is 24.2. The minimum Gasteiger partial charge on any atom is -0.346 e. The summed E-state index contributed by atoms with van der Waals surface area (Å²) >= 11 is 1.50. The number of carbonyl (C=O) groups is 1. The average molecular weight is 408 g/mol. The fourth-order valence-electron chi connectivity index (χ4n) is 3.87. The highest BCUT2D eigenvalue weighted by atomic mass is 32.2.